The first-order chi connectivity index (χ1) is 7.34. The molecule has 1 rings (SSSR count). The van der Waals surface area contributed by atoms with Gasteiger partial charge in [0.15, 0.2) is 5.69 Å². The second-order valence-electron chi connectivity index (χ2n) is 3.47. The lowest BCUT2D eigenvalue weighted by molar-refractivity contribution is -0.141. The van der Waals surface area contributed by atoms with Gasteiger partial charge in [-0.05, 0) is 12.5 Å². The predicted molar refractivity (Wildman–Crippen MR) is 53.1 cm³/mol. The van der Waals surface area contributed by atoms with Crippen LogP contribution in [0.5, 0.6) is 0 Å². The van der Waals surface area contributed by atoms with E-state index in [0.717, 1.165) is 6.07 Å². The molecule has 0 aliphatic heterocycles. The Hall–Kier alpha value is -1.53. The molecule has 4 nitrogen and oxygen atoms in total. The highest BCUT2D eigenvalue weighted by atomic mass is 19.4. The minimum Gasteiger partial charge on any atom is -0.388 e. The van der Waals surface area contributed by atoms with Crippen molar-refractivity contribution in [1.82, 2.24) is 9.78 Å². The van der Waals surface area contributed by atoms with Crippen LogP contribution in [0, 0.1) is 5.41 Å². The molecule has 1 aromatic rings. The van der Waals surface area contributed by atoms with Crippen molar-refractivity contribution >= 4 is 5.84 Å². The summed E-state index contributed by atoms with van der Waals surface area (Å²) in [6.07, 6.45) is -2.40. The van der Waals surface area contributed by atoms with Crippen LogP contribution in [-0.4, -0.2) is 15.6 Å². The van der Waals surface area contributed by atoms with Gasteiger partial charge in [-0.2, -0.15) is 18.3 Å². The first kappa shape index (κ1) is 12.5. The Kier molecular flexibility index (Phi) is 3.56. The molecule has 16 heavy (non-hydrogen) atoms. The zero-order valence-corrected chi connectivity index (χ0v) is 8.75. The van der Waals surface area contributed by atoms with Crippen molar-refractivity contribution in [2.45, 2.75) is 32.0 Å². The second kappa shape index (κ2) is 4.54. The highest BCUT2D eigenvalue weighted by molar-refractivity contribution is 5.77. The predicted octanol–water partition coefficient (Wildman–Crippen LogP) is 2.18. The maximum Gasteiger partial charge on any atom is 0.435 e. The minimum absolute atomic E-state index is 0.0593. The maximum absolute atomic E-state index is 12.3. The Morgan fingerprint density at radius 3 is 2.62 bits per heavy atom. The van der Waals surface area contributed by atoms with E-state index in [-0.39, 0.29) is 18.3 Å². The molecule has 0 aliphatic rings. The van der Waals surface area contributed by atoms with Crippen LogP contribution in [-0.2, 0) is 6.18 Å². The Morgan fingerprint density at radius 2 is 2.25 bits per heavy atom. The van der Waals surface area contributed by atoms with E-state index in [1.54, 1.807) is 0 Å². The molecule has 0 spiro atoms. The van der Waals surface area contributed by atoms with Gasteiger partial charge < -0.3 is 5.73 Å². The fourth-order valence-electron chi connectivity index (χ4n) is 1.37. The number of hydrogen-bond acceptors (Lipinski definition) is 2. The van der Waals surface area contributed by atoms with Crippen LogP contribution in [0.1, 0.15) is 31.5 Å². The third-order valence-corrected chi connectivity index (χ3v) is 2.20. The minimum atomic E-state index is -4.43. The van der Waals surface area contributed by atoms with Crippen LogP contribution in [0.25, 0.3) is 0 Å². The van der Waals surface area contributed by atoms with Crippen molar-refractivity contribution < 1.29 is 13.2 Å². The molecule has 0 amide bonds. The van der Waals surface area contributed by atoms with Crippen molar-refractivity contribution in [1.29, 1.82) is 5.41 Å². The van der Waals surface area contributed by atoms with Crippen LogP contribution in [0.3, 0.4) is 0 Å². The smallest absolute Gasteiger partial charge is 0.388 e. The molecule has 0 bridgehead atoms. The molecule has 90 valence electrons. The number of halogens is 3. The lowest BCUT2D eigenvalue weighted by Gasteiger charge is -2.14. The van der Waals surface area contributed by atoms with Crippen molar-refractivity contribution in [3.63, 3.8) is 0 Å². The number of amidine groups is 1. The molecule has 0 aliphatic carbocycles. The summed E-state index contributed by atoms with van der Waals surface area (Å²) >= 11 is 0. The topological polar surface area (TPSA) is 67.7 Å². The molecule has 0 saturated heterocycles. The second-order valence-corrected chi connectivity index (χ2v) is 3.47. The molecule has 0 radical (unpaired) electrons. The molecule has 1 heterocycles. The van der Waals surface area contributed by atoms with E-state index in [1.165, 1.54) is 10.9 Å². The highest BCUT2D eigenvalue weighted by Crippen LogP contribution is 2.28. The summed E-state index contributed by atoms with van der Waals surface area (Å²) in [5.74, 6) is -0.0593. The Balaban J connectivity index is 2.87. The fraction of sp³-hybridized carbons (Fsp3) is 0.556. The van der Waals surface area contributed by atoms with Gasteiger partial charge in [0.1, 0.15) is 0 Å². The molecule has 0 fully saturated rings. The number of nitrogens with one attached hydrogen (secondary N) is 1. The average molecular weight is 234 g/mol. The number of aromatic nitrogens is 2. The van der Waals surface area contributed by atoms with Crippen molar-refractivity contribution in [2.24, 2.45) is 5.73 Å². The third-order valence-electron chi connectivity index (χ3n) is 2.20. The summed E-state index contributed by atoms with van der Waals surface area (Å²) in [4.78, 5) is 0. The zero-order valence-electron chi connectivity index (χ0n) is 8.75. The summed E-state index contributed by atoms with van der Waals surface area (Å²) in [5.41, 5.74) is 4.30. The monoisotopic (exact) mass is 234 g/mol. The SMILES string of the molecule is CCC(CC(=N)N)n1ccc(C(F)(F)F)n1. The summed E-state index contributed by atoms with van der Waals surface area (Å²) < 4.78 is 38.1. The first-order valence-electron chi connectivity index (χ1n) is 4.79. The largest absolute Gasteiger partial charge is 0.435 e. The first-order valence-corrected chi connectivity index (χ1v) is 4.79. The molecule has 7 heteroatoms. The van der Waals surface area contributed by atoms with Crippen molar-refractivity contribution in [2.75, 3.05) is 0 Å². The van der Waals surface area contributed by atoms with E-state index in [9.17, 15) is 13.2 Å². The van der Waals surface area contributed by atoms with Crippen LogP contribution >= 0.6 is 0 Å². The van der Waals surface area contributed by atoms with Crippen molar-refractivity contribution in [3.8, 4) is 0 Å². The van der Waals surface area contributed by atoms with E-state index in [4.69, 9.17) is 11.1 Å². The van der Waals surface area contributed by atoms with E-state index in [1.807, 2.05) is 6.92 Å². The molecule has 1 unspecified atom stereocenters. The molecule has 1 aromatic heterocycles. The summed E-state index contributed by atoms with van der Waals surface area (Å²) in [6.45, 7) is 1.81. The zero-order chi connectivity index (χ0) is 12.3. The molecule has 0 saturated carbocycles. The summed E-state index contributed by atoms with van der Waals surface area (Å²) in [7, 11) is 0. The van der Waals surface area contributed by atoms with Crippen LogP contribution < -0.4 is 5.73 Å². The molecular weight excluding hydrogens is 221 g/mol. The van der Waals surface area contributed by atoms with Gasteiger partial charge in [0.05, 0.1) is 11.9 Å². The quantitative estimate of drug-likeness (QED) is 0.619. The normalized spacial score (nSPS) is 13.8. The average Bonchev–Trinajstić information content (AvgIpc) is 2.61. The number of nitrogens with two attached hydrogens (primary N) is 1. The standard InChI is InChI=1S/C9H13F3N4/c1-2-6(5-8(13)14)16-4-3-7(15-16)9(10,11)12/h3-4,6H,2,5H2,1H3,(H3,13,14). The summed E-state index contributed by atoms with van der Waals surface area (Å²) in [6, 6.07) is 0.622. The fourth-order valence-corrected chi connectivity index (χ4v) is 1.37. The molecule has 0 aromatic carbocycles. The Bertz CT molecular complexity index is 369. The van der Waals surface area contributed by atoms with Gasteiger partial charge in [-0.25, -0.2) is 0 Å². The van der Waals surface area contributed by atoms with E-state index < -0.39 is 11.9 Å². The van der Waals surface area contributed by atoms with Gasteiger partial charge in [0, 0.05) is 12.6 Å². The van der Waals surface area contributed by atoms with Crippen LogP contribution in [0.4, 0.5) is 13.2 Å². The molecular formula is C9H13F3N4. The number of nitrogens with zero attached hydrogens (tertiary/aromatic N) is 2. The highest BCUT2D eigenvalue weighted by Gasteiger charge is 2.34. The van der Waals surface area contributed by atoms with E-state index >= 15 is 0 Å². The summed E-state index contributed by atoms with van der Waals surface area (Å²) in [5, 5.41) is 10.6. The Morgan fingerprint density at radius 1 is 1.62 bits per heavy atom. The Labute approximate surface area is 90.8 Å². The number of hydrogen-bond donors (Lipinski definition) is 2. The number of alkyl halides is 3. The lowest BCUT2D eigenvalue weighted by Crippen LogP contribution is -2.19. The van der Waals surface area contributed by atoms with Crippen molar-refractivity contribution in [3.05, 3.63) is 18.0 Å². The van der Waals surface area contributed by atoms with Gasteiger partial charge in [-0.3, -0.25) is 10.1 Å². The van der Waals surface area contributed by atoms with Crippen LogP contribution in [0.15, 0.2) is 12.3 Å². The lowest BCUT2D eigenvalue weighted by atomic mass is 10.1. The van der Waals surface area contributed by atoms with Gasteiger partial charge >= 0.3 is 6.18 Å². The van der Waals surface area contributed by atoms with Gasteiger partial charge in [-0.1, -0.05) is 6.92 Å². The van der Waals surface area contributed by atoms with E-state index in [2.05, 4.69) is 5.10 Å². The van der Waals surface area contributed by atoms with Gasteiger partial charge in [0.25, 0.3) is 0 Å². The maximum atomic E-state index is 12.3. The molecule has 1 atom stereocenters. The number of rotatable bonds is 4. The molecule has 3 N–H and O–H groups in total. The van der Waals surface area contributed by atoms with Crippen LogP contribution in [0.2, 0.25) is 0 Å². The third kappa shape index (κ3) is 2.98. The van der Waals surface area contributed by atoms with E-state index in [0.29, 0.717) is 6.42 Å². The van der Waals surface area contributed by atoms with Gasteiger partial charge in [-0.15, -0.1) is 0 Å². The van der Waals surface area contributed by atoms with Gasteiger partial charge in [0.2, 0.25) is 0 Å².